The Labute approximate surface area is 121 Å². The van der Waals surface area contributed by atoms with Crippen molar-refractivity contribution >= 4 is 11.4 Å². The van der Waals surface area contributed by atoms with Gasteiger partial charge in [-0.05, 0) is 43.6 Å². The lowest BCUT2D eigenvalue weighted by atomic mass is 9.87. The molecule has 1 fully saturated rings. The molecular formula is C15H16F2N2O2. The molecular weight excluding hydrogens is 278 g/mol. The van der Waals surface area contributed by atoms with Crippen LogP contribution in [0.15, 0.2) is 24.3 Å². The summed E-state index contributed by atoms with van der Waals surface area (Å²) in [6.45, 7) is 1.87. The number of allylic oxidation sites excluding steroid dienone is 2. The Morgan fingerprint density at radius 2 is 2.10 bits per heavy atom. The van der Waals surface area contributed by atoms with Crippen LogP contribution in [0.4, 0.5) is 20.2 Å². The highest BCUT2D eigenvalue weighted by molar-refractivity contribution is 5.63. The average Bonchev–Trinajstić information content (AvgIpc) is 3.06. The number of benzene rings is 1. The second-order valence-electron chi connectivity index (χ2n) is 5.89. The van der Waals surface area contributed by atoms with Gasteiger partial charge in [0.25, 0.3) is 5.69 Å². The van der Waals surface area contributed by atoms with Crippen LogP contribution in [0.25, 0.3) is 0 Å². The molecule has 4 nitrogen and oxygen atoms in total. The van der Waals surface area contributed by atoms with Crippen LogP contribution in [0.5, 0.6) is 0 Å². The summed E-state index contributed by atoms with van der Waals surface area (Å²) < 4.78 is 27.3. The van der Waals surface area contributed by atoms with E-state index in [-0.39, 0.29) is 11.7 Å². The monoisotopic (exact) mass is 294 g/mol. The maximum absolute atomic E-state index is 13.9. The Kier molecular flexibility index (Phi) is 3.39. The van der Waals surface area contributed by atoms with Crippen LogP contribution in [0.1, 0.15) is 19.8 Å². The lowest BCUT2D eigenvalue weighted by Crippen LogP contribution is -2.29. The molecule has 2 aliphatic carbocycles. The van der Waals surface area contributed by atoms with E-state index in [0.717, 1.165) is 25.0 Å². The molecule has 0 heterocycles. The Bertz CT molecular complexity index is 618. The van der Waals surface area contributed by atoms with Gasteiger partial charge in [0.15, 0.2) is 17.3 Å². The van der Waals surface area contributed by atoms with E-state index in [1.54, 1.807) is 0 Å². The Hall–Kier alpha value is -1.98. The van der Waals surface area contributed by atoms with Crippen molar-refractivity contribution in [1.29, 1.82) is 0 Å². The summed E-state index contributed by atoms with van der Waals surface area (Å²) >= 11 is 0. The van der Waals surface area contributed by atoms with Crippen LogP contribution in [0.2, 0.25) is 0 Å². The molecule has 3 rings (SSSR count). The molecule has 6 heteroatoms. The van der Waals surface area contributed by atoms with E-state index in [1.165, 1.54) is 0 Å². The van der Waals surface area contributed by atoms with Crippen molar-refractivity contribution < 1.29 is 13.7 Å². The number of nitro groups is 1. The summed E-state index contributed by atoms with van der Waals surface area (Å²) in [7, 11) is 0. The smallest absolute Gasteiger partial charge is 0.295 e. The highest BCUT2D eigenvalue weighted by Gasteiger charge is 2.39. The van der Waals surface area contributed by atoms with E-state index < -0.39 is 22.2 Å². The van der Waals surface area contributed by atoms with Crippen molar-refractivity contribution in [3.8, 4) is 0 Å². The zero-order chi connectivity index (χ0) is 15.1. The SMILES string of the molecule is CC(Nc1c([N+](=O)[O-])ccc(F)c1F)C1CC2C=CC1C2. The predicted octanol–water partition coefficient (Wildman–Crippen LogP) is 3.89. The van der Waals surface area contributed by atoms with Gasteiger partial charge in [-0.1, -0.05) is 12.2 Å². The highest BCUT2D eigenvalue weighted by Crippen LogP contribution is 2.45. The molecule has 1 saturated carbocycles. The fourth-order valence-corrected chi connectivity index (χ4v) is 3.56. The van der Waals surface area contributed by atoms with E-state index in [0.29, 0.717) is 17.8 Å². The third-order valence-electron chi connectivity index (χ3n) is 4.61. The number of anilines is 1. The van der Waals surface area contributed by atoms with Crippen LogP contribution in [0, 0.1) is 39.5 Å². The lowest BCUT2D eigenvalue weighted by Gasteiger charge is -2.27. The molecule has 4 atom stereocenters. The number of halogens is 2. The first-order valence-corrected chi connectivity index (χ1v) is 7.04. The minimum atomic E-state index is -1.19. The normalized spacial score (nSPS) is 27.9. The highest BCUT2D eigenvalue weighted by atomic mass is 19.2. The van der Waals surface area contributed by atoms with Crippen molar-refractivity contribution in [3.63, 3.8) is 0 Å². The van der Waals surface area contributed by atoms with Gasteiger partial charge >= 0.3 is 0 Å². The third kappa shape index (κ3) is 2.39. The number of hydrogen-bond donors (Lipinski definition) is 1. The number of nitro benzene ring substituents is 1. The maximum atomic E-state index is 13.9. The molecule has 0 amide bonds. The summed E-state index contributed by atoms with van der Waals surface area (Å²) in [5.41, 5.74) is -0.779. The van der Waals surface area contributed by atoms with Crippen LogP contribution >= 0.6 is 0 Å². The first-order chi connectivity index (χ1) is 9.97. The second kappa shape index (κ2) is 5.09. The van der Waals surface area contributed by atoms with E-state index in [9.17, 15) is 18.9 Å². The summed E-state index contributed by atoms with van der Waals surface area (Å²) in [5, 5.41) is 13.8. The molecule has 21 heavy (non-hydrogen) atoms. The number of nitrogens with zero attached hydrogens (tertiary/aromatic N) is 1. The van der Waals surface area contributed by atoms with Crippen molar-refractivity contribution in [2.75, 3.05) is 5.32 Å². The van der Waals surface area contributed by atoms with Gasteiger partial charge in [-0.25, -0.2) is 8.78 Å². The van der Waals surface area contributed by atoms with Gasteiger partial charge in [-0.2, -0.15) is 0 Å². The molecule has 1 aromatic rings. The molecule has 1 aromatic carbocycles. The molecule has 2 aliphatic rings. The lowest BCUT2D eigenvalue weighted by molar-refractivity contribution is -0.384. The predicted molar refractivity (Wildman–Crippen MR) is 74.9 cm³/mol. The van der Waals surface area contributed by atoms with Gasteiger partial charge in [0.1, 0.15) is 0 Å². The summed E-state index contributed by atoms with van der Waals surface area (Å²) in [4.78, 5) is 10.3. The number of hydrogen-bond acceptors (Lipinski definition) is 3. The van der Waals surface area contributed by atoms with Crippen molar-refractivity contribution in [3.05, 3.63) is 46.0 Å². The summed E-state index contributed by atoms with van der Waals surface area (Å²) in [6, 6.07) is 1.62. The fourth-order valence-electron chi connectivity index (χ4n) is 3.56. The van der Waals surface area contributed by atoms with Crippen LogP contribution in [-0.2, 0) is 0 Å². The van der Waals surface area contributed by atoms with Crippen LogP contribution in [0.3, 0.4) is 0 Å². The molecule has 0 aliphatic heterocycles. The molecule has 0 radical (unpaired) electrons. The quantitative estimate of drug-likeness (QED) is 0.521. The van der Waals surface area contributed by atoms with Gasteiger partial charge < -0.3 is 5.32 Å². The average molecular weight is 294 g/mol. The topological polar surface area (TPSA) is 55.2 Å². The third-order valence-corrected chi connectivity index (χ3v) is 4.61. The zero-order valence-corrected chi connectivity index (χ0v) is 11.6. The Morgan fingerprint density at radius 3 is 2.67 bits per heavy atom. The fraction of sp³-hybridized carbons (Fsp3) is 0.467. The number of rotatable bonds is 4. The van der Waals surface area contributed by atoms with Crippen LogP contribution in [-0.4, -0.2) is 11.0 Å². The largest absolute Gasteiger partial charge is 0.374 e. The van der Waals surface area contributed by atoms with E-state index in [1.807, 2.05) is 6.92 Å². The van der Waals surface area contributed by atoms with Gasteiger partial charge in [-0.15, -0.1) is 0 Å². The molecule has 0 saturated heterocycles. The standard InChI is InChI=1S/C15H16F2N2O2/c1-8(11-7-9-2-3-10(11)6-9)18-15-13(19(20)21)5-4-12(16)14(15)17/h2-5,8-11,18H,6-7H2,1H3. The summed E-state index contributed by atoms with van der Waals surface area (Å²) in [5.74, 6) is -0.995. The van der Waals surface area contributed by atoms with Gasteiger partial charge in [-0.3, -0.25) is 10.1 Å². The number of fused-ring (bicyclic) bond motifs is 2. The van der Waals surface area contributed by atoms with E-state index in [2.05, 4.69) is 17.5 Å². The second-order valence-corrected chi connectivity index (χ2v) is 5.89. The molecule has 0 aromatic heterocycles. The van der Waals surface area contributed by atoms with Gasteiger partial charge in [0.2, 0.25) is 0 Å². The Morgan fingerprint density at radius 1 is 1.33 bits per heavy atom. The molecule has 0 spiro atoms. The number of nitrogens with one attached hydrogen (secondary N) is 1. The molecule has 4 unspecified atom stereocenters. The minimum absolute atomic E-state index is 0.153. The maximum Gasteiger partial charge on any atom is 0.295 e. The molecule has 2 bridgehead atoms. The molecule has 112 valence electrons. The Balaban J connectivity index is 1.85. The first-order valence-electron chi connectivity index (χ1n) is 7.04. The van der Waals surface area contributed by atoms with Gasteiger partial charge in [0, 0.05) is 12.1 Å². The van der Waals surface area contributed by atoms with Crippen LogP contribution < -0.4 is 5.32 Å². The molecule has 1 N–H and O–H groups in total. The minimum Gasteiger partial charge on any atom is -0.374 e. The van der Waals surface area contributed by atoms with E-state index >= 15 is 0 Å². The zero-order valence-electron chi connectivity index (χ0n) is 11.6. The van der Waals surface area contributed by atoms with Crippen molar-refractivity contribution in [2.24, 2.45) is 17.8 Å². The summed E-state index contributed by atoms with van der Waals surface area (Å²) in [6.07, 6.45) is 6.43. The first kappa shape index (κ1) is 14.0. The van der Waals surface area contributed by atoms with Crippen molar-refractivity contribution in [2.45, 2.75) is 25.8 Å². The van der Waals surface area contributed by atoms with Gasteiger partial charge in [0.05, 0.1) is 4.92 Å². The van der Waals surface area contributed by atoms with Crippen molar-refractivity contribution in [1.82, 2.24) is 0 Å². The van der Waals surface area contributed by atoms with E-state index in [4.69, 9.17) is 0 Å².